The summed E-state index contributed by atoms with van der Waals surface area (Å²) in [7, 11) is 0. The Morgan fingerprint density at radius 3 is 1.59 bits per heavy atom. The van der Waals surface area contributed by atoms with Crippen LogP contribution in [0.15, 0.2) is 24.3 Å². The number of hydrogen-bond acceptors (Lipinski definition) is 6. The summed E-state index contributed by atoms with van der Waals surface area (Å²) < 4.78 is 20.7. The van der Waals surface area contributed by atoms with Gasteiger partial charge < -0.3 is 18.9 Å². The standard InChI is InChI=1S/C16H18O6/c1-9-13(21-9)7-19-15(17)11-5-3-4-6-12(11)16(18)20-8-14-10(2)22-14/h3-6,9-10,13-14H,7-8H2,1-2H3. The number of hydrogen-bond donors (Lipinski definition) is 0. The summed E-state index contributed by atoms with van der Waals surface area (Å²) in [5.74, 6) is -1.10. The molecule has 2 aliphatic rings. The summed E-state index contributed by atoms with van der Waals surface area (Å²) in [6.07, 6.45) is 0.148. The van der Waals surface area contributed by atoms with Gasteiger partial charge in [0.1, 0.15) is 25.4 Å². The Morgan fingerprint density at radius 2 is 1.27 bits per heavy atom. The second-order valence-corrected chi connectivity index (χ2v) is 5.50. The van der Waals surface area contributed by atoms with E-state index in [2.05, 4.69) is 0 Å². The Bertz CT molecular complexity index is 533. The minimum Gasteiger partial charge on any atom is -0.459 e. The lowest BCUT2D eigenvalue weighted by Gasteiger charge is -2.08. The van der Waals surface area contributed by atoms with Crippen LogP contribution in [-0.2, 0) is 18.9 Å². The van der Waals surface area contributed by atoms with Crippen LogP contribution in [0.4, 0.5) is 0 Å². The molecule has 1 aromatic rings. The van der Waals surface area contributed by atoms with Gasteiger partial charge in [0.15, 0.2) is 0 Å². The second-order valence-electron chi connectivity index (χ2n) is 5.50. The van der Waals surface area contributed by atoms with Gasteiger partial charge in [-0.05, 0) is 26.0 Å². The van der Waals surface area contributed by atoms with Gasteiger partial charge in [-0.1, -0.05) is 12.1 Å². The molecule has 0 saturated carbocycles. The van der Waals surface area contributed by atoms with Crippen LogP contribution >= 0.6 is 0 Å². The van der Waals surface area contributed by atoms with Gasteiger partial charge in [0.2, 0.25) is 0 Å². The molecule has 6 nitrogen and oxygen atoms in total. The summed E-state index contributed by atoms with van der Waals surface area (Å²) in [5, 5.41) is 0. The molecular formula is C16H18O6. The van der Waals surface area contributed by atoms with Crippen molar-refractivity contribution in [3.05, 3.63) is 35.4 Å². The molecule has 0 N–H and O–H groups in total. The predicted octanol–water partition coefficient (Wildman–Crippen LogP) is 1.57. The molecule has 0 spiro atoms. The maximum Gasteiger partial charge on any atom is 0.339 e. The quantitative estimate of drug-likeness (QED) is 0.586. The van der Waals surface area contributed by atoms with E-state index in [-0.39, 0.29) is 48.8 Å². The molecule has 1 aromatic carbocycles. The van der Waals surface area contributed by atoms with E-state index in [0.717, 1.165) is 0 Å². The van der Waals surface area contributed by atoms with Crippen molar-refractivity contribution in [2.24, 2.45) is 0 Å². The van der Waals surface area contributed by atoms with Gasteiger partial charge in [-0.25, -0.2) is 9.59 Å². The third-order valence-corrected chi connectivity index (χ3v) is 3.80. The molecule has 4 atom stereocenters. The molecule has 0 amide bonds. The molecule has 0 aliphatic carbocycles. The largest absolute Gasteiger partial charge is 0.459 e. The van der Waals surface area contributed by atoms with Gasteiger partial charge >= 0.3 is 11.9 Å². The third-order valence-electron chi connectivity index (χ3n) is 3.80. The van der Waals surface area contributed by atoms with E-state index in [0.29, 0.717) is 0 Å². The van der Waals surface area contributed by atoms with Gasteiger partial charge in [-0.15, -0.1) is 0 Å². The second kappa shape index (κ2) is 6.06. The van der Waals surface area contributed by atoms with Crippen molar-refractivity contribution >= 4 is 11.9 Å². The zero-order valence-corrected chi connectivity index (χ0v) is 12.5. The Hall–Kier alpha value is -1.92. The number of carbonyl (C=O) groups is 2. The molecule has 0 radical (unpaired) electrons. The average Bonchev–Trinajstić information content (AvgIpc) is 3.41. The molecule has 0 bridgehead atoms. The number of benzene rings is 1. The normalized spacial score (nSPS) is 28.8. The average molecular weight is 306 g/mol. The van der Waals surface area contributed by atoms with Crippen molar-refractivity contribution in [2.75, 3.05) is 13.2 Å². The van der Waals surface area contributed by atoms with E-state index in [4.69, 9.17) is 18.9 Å². The number of rotatable bonds is 6. The molecule has 6 heteroatoms. The summed E-state index contributed by atoms with van der Waals surface area (Å²) in [4.78, 5) is 24.2. The number of ether oxygens (including phenoxy) is 4. The van der Waals surface area contributed by atoms with Crippen LogP contribution in [0.1, 0.15) is 34.6 Å². The van der Waals surface area contributed by atoms with Crippen molar-refractivity contribution in [2.45, 2.75) is 38.3 Å². The first-order valence-electron chi connectivity index (χ1n) is 7.30. The van der Waals surface area contributed by atoms with Crippen LogP contribution in [0.3, 0.4) is 0 Å². The molecule has 2 aliphatic heterocycles. The van der Waals surface area contributed by atoms with Crippen molar-refractivity contribution < 1.29 is 28.5 Å². The fraction of sp³-hybridized carbons (Fsp3) is 0.500. The van der Waals surface area contributed by atoms with Crippen LogP contribution in [-0.4, -0.2) is 49.6 Å². The molecule has 2 saturated heterocycles. The molecule has 3 rings (SSSR count). The summed E-state index contributed by atoms with van der Waals surface area (Å²) >= 11 is 0. The monoisotopic (exact) mass is 306 g/mol. The summed E-state index contributed by atoms with van der Waals surface area (Å²) in [6, 6.07) is 6.45. The molecule has 118 valence electrons. The van der Waals surface area contributed by atoms with Crippen LogP contribution in [0.25, 0.3) is 0 Å². The maximum absolute atomic E-state index is 12.1. The Balaban J connectivity index is 1.60. The Morgan fingerprint density at radius 1 is 0.909 bits per heavy atom. The SMILES string of the molecule is CC1OC1COC(=O)c1ccccc1C(=O)OCC1OC1C. The van der Waals surface area contributed by atoms with E-state index in [1.165, 1.54) is 0 Å². The van der Waals surface area contributed by atoms with Gasteiger partial charge in [0.25, 0.3) is 0 Å². The van der Waals surface area contributed by atoms with E-state index in [1.54, 1.807) is 24.3 Å². The molecular weight excluding hydrogens is 288 g/mol. The van der Waals surface area contributed by atoms with Crippen molar-refractivity contribution in [1.82, 2.24) is 0 Å². The molecule has 4 unspecified atom stereocenters. The van der Waals surface area contributed by atoms with E-state index in [1.807, 2.05) is 13.8 Å². The third kappa shape index (κ3) is 3.45. The number of epoxide rings is 2. The van der Waals surface area contributed by atoms with E-state index >= 15 is 0 Å². The van der Waals surface area contributed by atoms with Gasteiger partial charge in [0, 0.05) is 0 Å². The lowest BCUT2D eigenvalue weighted by molar-refractivity contribution is 0.0430. The van der Waals surface area contributed by atoms with E-state index in [9.17, 15) is 9.59 Å². The van der Waals surface area contributed by atoms with Gasteiger partial charge in [-0.2, -0.15) is 0 Å². The van der Waals surface area contributed by atoms with Crippen molar-refractivity contribution in [3.63, 3.8) is 0 Å². The highest BCUT2D eigenvalue weighted by Crippen LogP contribution is 2.23. The maximum atomic E-state index is 12.1. The van der Waals surface area contributed by atoms with Gasteiger partial charge in [-0.3, -0.25) is 0 Å². The summed E-state index contributed by atoms with van der Waals surface area (Å²) in [5.41, 5.74) is 0.399. The predicted molar refractivity (Wildman–Crippen MR) is 75.7 cm³/mol. The smallest absolute Gasteiger partial charge is 0.339 e. The fourth-order valence-electron chi connectivity index (χ4n) is 2.12. The first-order valence-corrected chi connectivity index (χ1v) is 7.30. The van der Waals surface area contributed by atoms with Crippen LogP contribution in [0.5, 0.6) is 0 Å². The zero-order valence-electron chi connectivity index (χ0n) is 12.5. The van der Waals surface area contributed by atoms with Gasteiger partial charge in [0.05, 0.1) is 23.3 Å². The Labute approximate surface area is 128 Å². The molecule has 0 aromatic heterocycles. The highest BCUT2D eigenvalue weighted by atomic mass is 16.6. The topological polar surface area (TPSA) is 77.7 Å². The van der Waals surface area contributed by atoms with Crippen molar-refractivity contribution in [3.8, 4) is 0 Å². The number of esters is 2. The van der Waals surface area contributed by atoms with Crippen molar-refractivity contribution in [1.29, 1.82) is 0 Å². The van der Waals surface area contributed by atoms with Crippen LogP contribution in [0.2, 0.25) is 0 Å². The first kappa shape index (κ1) is 15.0. The van der Waals surface area contributed by atoms with Crippen LogP contribution in [0, 0.1) is 0 Å². The molecule has 2 fully saturated rings. The molecule has 22 heavy (non-hydrogen) atoms. The highest BCUT2D eigenvalue weighted by Gasteiger charge is 2.36. The first-order chi connectivity index (χ1) is 10.6. The lowest BCUT2D eigenvalue weighted by atomic mass is 10.1. The number of carbonyl (C=O) groups excluding carboxylic acids is 2. The minimum atomic E-state index is -0.550. The fourth-order valence-corrected chi connectivity index (χ4v) is 2.12. The van der Waals surface area contributed by atoms with E-state index < -0.39 is 11.9 Å². The minimum absolute atomic E-state index is 0.0448. The highest BCUT2D eigenvalue weighted by molar-refractivity contribution is 6.03. The Kier molecular flexibility index (Phi) is 4.13. The van der Waals surface area contributed by atoms with Crippen LogP contribution < -0.4 is 0 Å². The zero-order chi connectivity index (χ0) is 15.7. The molecule has 2 heterocycles. The summed E-state index contributed by atoms with van der Waals surface area (Å²) in [6.45, 7) is 4.20. The lowest BCUT2D eigenvalue weighted by Crippen LogP contribution is -2.17.